The van der Waals surface area contributed by atoms with Crippen molar-refractivity contribution in [1.82, 2.24) is 9.78 Å². The zero-order valence-electron chi connectivity index (χ0n) is 7.45. The summed E-state index contributed by atoms with van der Waals surface area (Å²) in [4.78, 5) is 11.3. The number of nitrogens with zero attached hydrogens (tertiary/aromatic N) is 2. The Balaban J connectivity index is 2.93. The van der Waals surface area contributed by atoms with Gasteiger partial charge in [0.2, 0.25) is 0 Å². The van der Waals surface area contributed by atoms with Crippen LogP contribution in [0.15, 0.2) is 17.1 Å². The van der Waals surface area contributed by atoms with Crippen LogP contribution in [0.1, 0.15) is 6.92 Å². The van der Waals surface area contributed by atoms with Gasteiger partial charge in [-0.05, 0) is 6.92 Å². The monoisotopic (exact) mass is 177 g/mol. The van der Waals surface area contributed by atoms with Gasteiger partial charge in [0.15, 0.2) is 0 Å². The lowest BCUT2D eigenvalue weighted by molar-refractivity contribution is 0.663. The summed E-state index contributed by atoms with van der Waals surface area (Å²) in [6, 6.07) is 1.48. The van der Waals surface area contributed by atoms with Crippen molar-refractivity contribution in [2.75, 3.05) is 11.9 Å². The molecule has 0 saturated carbocycles. The molecule has 1 heterocycles. The molecule has 0 aliphatic carbocycles. The minimum Gasteiger partial charge on any atom is -0.384 e. The Morgan fingerprint density at radius 2 is 2.54 bits per heavy atom. The highest BCUT2D eigenvalue weighted by atomic mass is 16.1. The van der Waals surface area contributed by atoms with Crippen LogP contribution in [0.4, 0.5) is 5.69 Å². The maximum Gasteiger partial charge on any atom is 0.269 e. The maximum atomic E-state index is 11.3. The van der Waals surface area contributed by atoms with Crippen molar-refractivity contribution in [1.29, 1.82) is 0 Å². The Kier molecular flexibility index (Phi) is 3.09. The predicted octanol–water partition coefficient (Wildman–Crippen LogP) is 0.308. The van der Waals surface area contributed by atoms with Gasteiger partial charge in [-0.15, -0.1) is 6.42 Å². The SMILES string of the molecule is C#CCn1ncc(NCC)cc1=O. The second kappa shape index (κ2) is 4.31. The summed E-state index contributed by atoms with van der Waals surface area (Å²) in [5.74, 6) is 2.36. The molecular weight excluding hydrogens is 166 g/mol. The first-order chi connectivity index (χ1) is 6.27. The molecule has 4 heteroatoms. The highest BCUT2D eigenvalue weighted by Gasteiger charge is 1.96. The van der Waals surface area contributed by atoms with E-state index in [-0.39, 0.29) is 12.1 Å². The lowest BCUT2D eigenvalue weighted by atomic mass is 10.4. The Hall–Kier alpha value is -1.76. The first-order valence-electron chi connectivity index (χ1n) is 4.02. The van der Waals surface area contributed by atoms with Gasteiger partial charge in [-0.3, -0.25) is 4.79 Å². The van der Waals surface area contributed by atoms with E-state index < -0.39 is 0 Å². The summed E-state index contributed by atoms with van der Waals surface area (Å²) in [6.07, 6.45) is 6.65. The number of aromatic nitrogens is 2. The summed E-state index contributed by atoms with van der Waals surface area (Å²) in [5, 5.41) is 6.88. The fraction of sp³-hybridized carbons (Fsp3) is 0.333. The third-order valence-corrected chi connectivity index (χ3v) is 1.49. The molecule has 1 rings (SSSR count). The summed E-state index contributed by atoms with van der Waals surface area (Å²) in [7, 11) is 0. The van der Waals surface area contributed by atoms with Crippen molar-refractivity contribution in [2.45, 2.75) is 13.5 Å². The van der Waals surface area contributed by atoms with Crippen molar-refractivity contribution in [3.05, 3.63) is 22.6 Å². The molecule has 0 aliphatic heterocycles. The quantitative estimate of drug-likeness (QED) is 0.676. The second-order valence-electron chi connectivity index (χ2n) is 2.47. The molecule has 0 aliphatic rings. The van der Waals surface area contributed by atoms with E-state index in [0.717, 1.165) is 12.2 Å². The van der Waals surface area contributed by atoms with Crippen molar-refractivity contribution in [3.63, 3.8) is 0 Å². The van der Waals surface area contributed by atoms with E-state index in [2.05, 4.69) is 16.3 Å². The van der Waals surface area contributed by atoms with Crippen molar-refractivity contribution in [2.24, 2.45) is 0 Å². The molecule has 4 nitrogen and oxygen atoms in total. The molecule has 0 aromatic carbocycles. The average molecular weight is 177 g/mol. The summed E-state index contributed by atoms with van der Waals surface area (Å²) in [6.45, 7) is 2.93. The lowest BCUT2D eigenvalue weighted by Gasteiger charge is -2.03. The zero-order valence-corrected chi connectivity index (χ0v) is 7.45. The molecular formula is C9H11N3O. The van der Waals surface area contributed by atoms with Crippen LogP contribution in [-0.2, 0) is 6.54 Å². The largest absolute Gasteiger partial charge is 0.384 e. The highest BCUT2D eigenvalue weighted by molar-refractivity contribution is 5.38. The van der Waals surface area contributed by atoms with Crippen LogP contribution >= 0.6 is 0 Å². The molecule has 13 heavy (non-hydrogen) atoms. The van der Waals surface area contributed by atoms with Crippen LogP contribution in [0, 0.1) is 12.3 Å². The van der Waals surface area contributed by atoms with E-state index in [1.54, 1.807) is 6.20 Å². The summed E-state index contributed by atoms with van der Waals surface area (Å²) < 4.78 is 1.24. The molecule has 0 amide bonds. The normalized spacial score (nSPS) is 9.23. The topological polar surface area (TPSA) is 46.9 Å². The molecule has 0 spiro atoms. The minimum absolute atomic E-state index is 0.184. The fourth-order valence-electron chi connectivity index (χ4n) is 0.940. The van der Waals surface area contributed by atoms with Crippen LogP contribution in [0.25, 0.3) is 0 Å². The molecule has 1 N–H and O–H groups in total. The van der Waals surface area contributed by atoms with E-state index in [0.29, 0.717) is 0 Å². The van der Waals surface area contributed by atoms with E-state index in [4.69, 9.17) is 6.42 Å². The molecule has 0 unspecified atom stereocenters. The van der Waals surface area contributed by atoms with Gasteiger partial charge < -0.3 is 5.32 Å². The first-order valence-corrected chi connectivity index (χ1v) is 4.02. The fourth-order valence-corrected chi connectivity index (χ4v) is 0.940. The lowest BCUT2D eigenvalue weighted by Crippen LogP contribution is -2.21. The molecule has 0 bridgehead atoms. The van der Waals surface area contributed by atoms with Crippen LogP contribution < -0.4 is 10.9 Å². The Bertz CT molecular complexity index is 375. The number of anilines is 1. The number of nitrogens with one attached hydrogen (secondary N) is 1. The molecule has 0 radical (unpaired) electrons. The molecule has 0 fully saturated rings. The van der Waals surface area contributed by atoms with Gasteiger partial charge in [0.1, 0.15) is 6.54 Å². The van der Waals surface area contributed by atoms with E-state index in [1.165, 1.54) is 10.7 Å². The third kappa shape index (κ3) is 2.34. The molecule has 68 valence electrons. The number of rotatable bonds is 3. The standard InChI is InChI=1S/C9H11N3O/c1-3-5-12-9(13)6-8(7-11-12)10-4-2/h1,6-7,10H,4-5H2,2H3. The third-order valence-electron chi connectivity index (χ3n) is 1.49. The van der Waals surface area contributed by atoms with Gasteiger partial charge in [0, 0.05) is 12.6 Å². The van der Waals surface area contributed by atoms with Gasteiger partial charge in [-0.25, -0.2) is 4.68 Å². The minimum atomic E-state index is -0.184. The van der Waals surface area contributed by atoms with Crippen LogP contribution in [0.5, 0.6) is 0 Å². The predicted molar refractivity (Wildman–Crippen MR) is 51.5 cm³/mol. The van der Waals surface area contributed by atoms with Gasteiger partial charge in [0.25, 0.3) is 5.56 Å². The number of hydrogen-bond acceptors (Lipinski definition) is 3. The van der Waals surface area contributed by atoms with Crippen molar-refractivity contribution in [3.8, 4) is 12.3 Å². The maximum absolute atomic E-state index is 11.3. The van der Waals surface area contributed by atoms with Crippen molar-refractivity contribution < 1.29 is 0 Å². The van der Waals surface area contributed by atoms with Crippen LogP contribution in [0.2, 0.25) is 0 Å². The Labute approximate surface area is 76.6 Å². The molecule has 0 saturated heterocycles. The number of terminal acetylenes is 1. The van der Waals surface area contributed by atoms with Crippen molar-refractivity contribution >= 4 is 5.69 Å². The van der Waals surface area contributed by atoms with Gasteiger partial charge in [0.05, 0.1) is 11.9 Å². The summed E-state index contributed by atoms with van der Waals surface area (Å²) in [5.41, 5.74) is 0.539. The summed E-state index contributed by atoms with van der Waals surface area (Å²) >= 11 is 0. The first kappa shape index (κ1) is 9.33. The van der Waals surface area contributed by atoms with Crippen LogP contribution in [0.3, 0.4) is 0 Å². The zero-order chi connectivity index (χ0) is 9.68. The van der Waals surface area contributed by atoms with E-state index in [9.17, 15) is 4.79 Å². The van der Waals surface area contributed by atoms with Crippen LogP contribution in [-0.4, -0.2) is 16.3 Å². The average Bonchev–Trinajstić information content (AvgIpc) is 2.10. The van der Waals surface area contributed by atoms with E-state index in [1.807, 2.05) is 6.92 Å². The Morgan fingerprint density at radius 3 is 3.08 bits per heavy atom. The number of hydrogen-bond donors (Lipinski definition) is 1. The van der Waals surface area contributed by atoms with Gasteiger partial charge >= 0.3 is 0 Å². The second-order valence-corrected chi connectivity index (χ2v) is 2.47. The van der Waals surface area contributed by atoms with Gasteiger partial charge in [-0.1, -0.05) is 5.92 Å². The van der Waals surface area contributed by atoms with E-state index >= 15 is 0 Å². The smallest absolute Gasteiger partial charge is 0.269 e. The highest BCUT2D eigenvalue weighted by Crippen LogP contribution is 1.97. The Morgan fingerprint density at radius 1 is 1.77 bits per heavy atom. The molecule has 1 aromatic heterocycles. The molecule has 1 aromatic rings. The molecule has 0 atom stereocenters. The van der Waals surface area contributed by atoms with Gasteiger partial charge in [-0.2, -0.15) is 5.10 Å².